The molecule has 0 heterocycles. The van der Waals surface area contributed by atoms with Crippen LogP contribution in [-0.2, 0) is 10.1 Å². The van der Waals surface area contributed by atoms with E-state index in [4.69, 9.17) is 13.0 Å². The van der Waals surface area contributed by atoms with Crippen LogP contribution in [0.15, 0.2) is 0 Å². The van der Waals surface area contributed by atoms with Crippen LogP contribution in [0, 0.1) is 0 Å². The number of alkyl halides is 3. The van der Waals surface area contributed by atoms with Gasteiger partial charge >= 0.3 is 15.6 Å². The van der Waals surface area contributed by atoms with Crippen molar-refractivity contribution in [1.29, 1.82) is 0 Å². The number of halogens is 3. The Bertz CT molecular complexity index is 253. The van der Waals surface area contributed by atoms with E-state index in [1.807, 2.05) is 0 Å². The third-order valence-electron chi connectivity index (χ3n) is 1.06. The van der Waals surface area contributed by atoms with E-state index in [-0.39, 0.29) is 0 Å². The molecule has 0 aromatic rings. The molecule has 94 valence electrons. The van der Waals surface area contributed by atoms with Crippen LogP contribution in [0.25, 0.3) is 0 Å². The first-order chi connectivity index (χ1) is 6.38. The van der Waals surface area contributed by atoms with E-state index in [1.165, 1.54) is 0 Å². The molecule has 0 rings (SSSR count). The first-order valence-corrected chi connectivity index (χ1v) is 5.70. The van der Waals surface area contributed by atoms with Crippen LogP contribution in [-0.4, -0.2) is 30.6 Å². The van der Waals surface area contributed by atoms with Crippen LogP contribution in [0.5, 0.6) is 0 Å². The summed E-state index contributed by atoms with van der Waals surface area (Å²) in [5.41, 5.74) is -5.53. The van der Waals surface area contributed by atoms with E-state index in [2.05, 4.69) is 33.0 Å². The summed E-state index contributed by atoms with van der Waals surface area (Å²) in [6.45, 7) is 8.83. The van der Waals surface area contributed by atoms with Gasteiger partial charge in [0.25, 0.3) is 0 Å². The monoisotopic (exact) mass is 252 g/mol. The molecule has 0 aliphatic heterocycles. The summed E-state index contributed by atoms with van der Waals surface area (Å²) in [5, 5.41) is 2.33. The highest BCUT2D eigenvalue weighted by atomic mass is 32.2. The van der Waals surface area contributed by atoms with Gasteiger partial charge in [-0.15, -0.1) is 0 Å². The van der Waals surface area contributed by atoms with Crippen molar-refractivity contribution < 1.29 is 31.5 Å². The highest BCUT2D eigenvalue weighted by Gasteiger charge is 2.44. The van der Waals surface area contributed by atoms with Crippen molar-refractivity contribution in [2.75, 3.05) is 0 Å². The average molecular weight is 252 g/mol. The lowest BCUT2D eigenvalue weighted by Crippen LogP contribution is -2.92. The second-order valence-corrected chi connectivity index (χ2v) is 5.01. The van der Waals surface area contributed by atoms with Gasteiger partial charge in [-0.2, -0.15) is 21.6 Å². The second kappa shape index (κ2) is 6.29. The van der Waals surface area contributed by atoms with Crippen LogP contribution in [0.2, 0.25) is 0 Å². The minimum Gasteiger partial charge on any atom is -0.342 e. The molecule has 8 heteroatoms. The predicted molar refractivity (Wildman–Crippen MR) is 49.8 cm³/mol. The first kappa shape index (κ1) is 17.1. The van der Waals surface area contributed by atoms with Crippen LogP contribution in [0.1, 0.15) is 27.7 Å². The minimum absolute atomic E-state index is 0.750. The summed E-state index contributed by atoms with van der Waals surface area (Å²) in [5.74, 6) is 0. The van der Waals surface area contributed by atoms with E-state index in [1.54, 1.807) is 0 Å². The molecule has 0 aliphatic carbocycles. The van der Waals surface area contributed by atoms with Gasteiger partial charge in [0.2, 0.25) is 0 Å². The minimum atomic E-state index is -5.84. The van der Waals surface area contributed by atoms with Crippen molar-refractivity contribution in [3.05, 3.63) is 0 Å². The lowest BCUT2D eigenvalue weighted by atomic mass is 10.3. The molecule has 0 saturated heterocycles. The third-order valence-corrected chi connectivity index (χ3v) is 1.65. The van der Waals surface area contributed by atoms with Gasteiger partial charge in [0, 0.05) is 0 Å². The van der Waals surface area contributed by atoms with Crippen LogP contribution >= 0.6 is 0 Å². The molecule has 0 aliphatic rings. The molecule has 0 aromatic carbocycles. The average Bonchev–Trinajstić information content (AvgIpc) is 1.78. The van der Waals surface area contributed by atoms with Crippen LogP contribution < -0.4 is 5.32 Å². The molecular formula is C7H17F3NO3S+. The Morgan fingerprint density at radius 1 is 1.07 bits per heavy atom. The van der Waals surface area contributed by atoms with Crippen LogP contribution in [0.3, 0.4) is 0 Å². The van der Waals surface area contributed by atoms with Gasteiger partial charge in [0.1, 0.15) is 0 Å². The number of nitrogens with two attached hydrogens (primary N) is 1. The Balaban J connectivity index is 0. The zero-order valence-corrected chi connectivity index (χ0v) is 9.85. The van der Waals surface area contributed by atoms with Crippen molar-refractivity contribution in [2.45, 2.75) is 45.3 Å². The maximum absolute atomic E-state index is 10.7. The van der Waals surface area contributed by atoms with E-state index in [9.17, 15) is 13.2 Å². The van der Waals surface area contributed by atoms with E-state index >= 15 is 0 Å². The summed E-state index contributed by atoms with van der Waals surface area (Å²) in [6, 6.07) is 1.50. The van der Waals surface area contributed by atoms with E-state index in [0.29, 0.717) is 0 Å². The fraction of sp³-hybridized carbons (Fsp3) is 1.00. The first-order valence-electron chi connectivity index (χ1n) is 4.26. The molecule has 0 spiro atoms. The van der Waals surface area contributed by atoms with Crippen molar-refractivity contribution in [2.24, 2.45) is 0 Å². The Labute approximate surface area is 87.6 Å². The van der Waals surface area contributed by atoms with Gasteiger partial charge in [-0.1, -0.05) is 0 Å². The Kier molecular flexibility index (Phi) is 7.15. The molecular weight excluding hydrogens is 235 g/mol. The smallest absolute Gasteiger partial charge is 0.342 e. The van der Waals surface area contributed by atoms with Crippen molar-refractivity contribution >= 4 is 10.1 Å². The number of hydrogen-bond donors (Lipinski definition) is 2. The standard InChI is InChI=1S/C6H15N.CHF3O3S/c1-5(2)7-6(3)4;2-1(3,4)8(5,6)7/h5-7H,1-4H3;(H,5,6,7)/p+1. The van der Waals surface area contributed by atoms with Crippen molar-refractivity contribution in [1.82, 2.24) is 0 Å². The predicted octanol–water partition coefficient (Wildman–Crippen LogP) is 0.761. The van der Waals surface area contributed by atoms with Gasteiger partial charge in [-0.3, -0.25) is 4.55 Å². The van der Waals surface area contributed by atoms with Gasteiger partial charge < -0.3 is 5.32 Å². The molecule has 0 atom stereocenters. The van der Waals surface area contributed by atoms with E-state index < -0.39 is 15.6 Å². The molecule has 0 aromatic heterocycles. The molecule has 0 amide bonds. The van der Waals surface area contributed by atoms with Gasteiger partial charge in [0.05, 0.1) is 12.1 Å². The molecule has 3 N–H and O–H groups in total. The largest absolute Gasteiger partial charge is 0.522 e. The van der Waals surface area contributed by atoms with Gasteiger partial charge in [-0.25, -0.2) is 0 Å². The van der Waals surface area contributed by atoms with Crippen molar-refractivity contribution in [3.8, 4) is 0 Å². The molecule has 0 radical (unpaired) electrons. The number of rotatable bonds is 2. The normalized spacial score (nSPS) is 12.7. The maximum atomic E-state index is 10.7. The van der Waals surface area contributed by atoms with Gasteiger partial charge in [-0.05, 0) is 27.7 Å². The fourth-order valence-corrected chi connectivity index (χ4v) is 0.770. The molecule has 4 nitrogen and oxygen atoms in total. The molecule has 0 bridgehead atoms. The molecule has 15 heavy (non-hydrogen) atoms. The number of hydrogen-bond acceptors (Lipinski definition) is 2. The molecule has 0 fully saturated rings. The topological polar surface area (TPSA) is 71.0 Å². The number of quaternary nitrogens is 1. The quantitative estimate of drug-likeness (QED) is 0.563. The van der Waals surface area contributed by atoms with Crippen LogP contribution in [0.4, 0.5) is 13.2 Å². The van der Waals surface area contributed by atoms with E-state index in [0.717, 1.165) is 12.1 Å². The third kappa shape index (κ3) is 11.6. The maximum Gasteiger partial charge on any atom is 0.522 e. The zero-order chi connectivity index (χ0) is 12.9. The SMILES string of the molecule is CC(C)[NH2+]C(C)C.O=S(=O)(O)C(F)(F)F. The Morgan fingerprint density at radius 3 is 1.27 bits per heavy atom. The Hall–Kier alpha value is -0.340. The highest BCUT2D eigenvalue weighted by molar-refractivity contribution is 7.86. The summed E-state index contributed by atoms with van der Waals surface area (Å²) in [7, 11) is -5.84. The fourth-order valence-electron chi connectivity index (χ4n) is 0.770. The zero-order valence-electron chi connectivity index (χ0n) is 9.04. The Morgan fingerprint density at radius 2 is 1.27 bits per heavy atom. The summed E-state index contributed by atoms with van der Waals surface area (Å²) in [6.07, 6.45) is 0. The highest BCUT2D eigenvalue weighted by Crippen LogP contribution is 2.20. The van der Waals surface area contributed by atoms with Crippen molar-refractivity contribution in [3.63, 3.8) is 0 Å². The second-order valence-electron chi connectivity index (χ2n) is 3.60. The molecule has 0 unspecified atom stereocenters. The summed E-state index contributed by atoms with van der Waals surface area (Å²) in [4.78, 5) is 0. The summed E-state index contributed by atoms with van der Waals surface area (Å²) >= 11 is 0. The molecule has 0 saturated carbocycles. The lowest BCUT2D eigenvalue weighted by molar-refractivity contribution is -0.709. The summed E-state index contributed by atoms with van der Waals surface area (Å²) < 4.78 is 57.5. The lowest BCUT2D eigenvalue weighted by Gasteiger charge is -2.06. The van der Waals surface area contributed by atoms with Gasteiger partial charge in [0.15, 0.2) is 0 Å².